The highest BCUT2D eigenvalue weighted by Gasteiger charge is 2.27. The zero-order valence-corrected chi connectivity index (χ0v) is 22.9. The Bertz CT molecular complexity index is 732. The molecule has 4 nitrogen and oxygen atoms in total. The van der Waals surface area contributed by atoms with Crippen LogP contribution in [0.1, 0.15) is 131 Å². The minimum Gasteiger partial charge on any atom is -0.330 e. The molecular formula is C28H50N4. The standard InChI is InChI=1S/C28H50N4/c1-12-15-27(10,13-2)30-19-23-21(25(4,5)6)18-22(26(7,8)9)24(32-23)20-31-28(11,14-3)16-17-29/h18-20H,12-17,29H2,1-11H3/t27-,28-/m1/s1. The van der Waals surface area contributed by atoms with Gasteiger partial charge >= 0.3 is 0 Å². The van der Waals surface area contributed by atoms with E-state index in [2.05, 4.69) is 82.2 Å². The van der Waals surface area contributed by atoms with E-state index in [9.17, 15) is 0 Å². The maximum Gasteiger partial charge on any atom is 0.0853 e. The van der Waals surface area contributed by atoms with Crippen molar-refractivity contribution in [3.05, 3.63) is 28.6 Å². The zero-order valence-electron chi connectivity index (χ0n) is 22.9. The Labute approximate surface area is 198 Å². The van der Waals surface area contributed by atoms with Crippen LogP contribution in [0, 0.1) is 0 Å². The van der Waals surface area contributed by atoms with Gasteiger partial charge in [0.25, 0.3) is 0 Å². The van der Waals surface area contributed by atoms with Crippen molar-refractivity contribution < 1.29 is 0 Å². The van der Waals surface area contributed by atoms with Crippen molar-refractivity contribution in [2.45, 2.75) is 130 Å². The minimum absolute atomic E-state index is 0.0329. The van der Waals surface area contributed by atoms with E-state index in [1.807, 2.05) is 12.4 Å². The van der Waals surface area contributed by atoms with Crippen LogP contribution in [0.5, 0.6) is 0 Å². The van der Waals surface area contributed by atoms with Gasteiger partial charge in [-0.2, -0.15) is 0 Å². The van der Waals surface area contributed by atoms with Crippen LogP contribution in [0.3, 0.4) is 0 Å². The van der Waals surface area contributed by atoms with Crippen LogP contribution < -0.4 is 5.73 Å². The number of nitrogens with zero attached hydrogens (tertiary/aromatic N) is 3. The van der Waals surface area contributed by atoms with E-state index in [4.69, 9.17) is 20.7 Å². The fourth-order valence-corrected chi connectivity index (χ4v) is 3.89. The van der Waals surface area contributed by atoms with Gasteiger partial charge in [0, 0.05) is 12.4 Å². The molecule has 0 aliphatic heterocycles. The maximum atomic E-state index is 5.86. The molecule has 1 aromatic heterocycles. The zero-order chi connectivity index (χ0) is 24.8. The smallest absolute Gasteiger partial charge is 0.0853 e. The van der Waals surface area contributed by atoms with Gasteiger partial charge < -0.3 is 5.73 Å². The molecule has 0 radical (unpaired) electrons. The van der Waals surface area contributed by atoms with Gasteiger partial charge in [-0.3, -0.25) is 9.98 Å². The summed E-state index contributed by atoms with van der Waals surface area (Å²) < 4.78 is 0. The fourth-order valence-electron chi connectivity index (χ4n) is 3.89. The lowest BCUT2D eigenvalue weighted by Crippen LogP contribution is -2.26. The quantitative estimate of drug-likeness (QED) is 0.396. The summed E-state index contributed by atoms with van der Waals surface area (Å²) in [6.07, 6.45) is 9.03. The predicted octanol–water partition coefficient (Wildman–Crippen LogP) is 7.00. The Morgan fingerprint density at radius 3 is 1.47 bits per heavy atom. The highest BCUT2D eigenvalue weighted by atomic mass is 14.9. The average Bonchev–Trinajstić information content (AvgIpc) is 2.69. The van der Waals surface area contributed by atoms with Gasteiger partial charge in [-0.15, -0.1) is 0 Å². The summed E-state index contributed by atoms with van der Waals surface area (Å²) in [5.41, 5.74) is 9.93. The van der Waals surface area contributed by atoms with Crippen molar-refractivity contribution in [1.82, 2.24) is 4.98 Å². The van der Waals surface area contributed by atoms with Crippen molar-refractivity contribution in [1.29, 1.82) is 0 Å². The van der Waals surface area contributed by atoms with Crippen LogP contribution in [0.15, 0.2) is 16.1 Å². The average molecular weight is 443 g/mol. The molecule has 1 rings (SSSR count). The van der Waals surface area contributed by atoms with Gasteiger partial charge in [0.1, 0.15) is 0 Å². The first-order chi connectivity index (χ1) is 14.6. The number of nitrogens with two attached hydrogens (primary N) is 1. The molecule has 0 amide bonds. The highest BCUT2D eigenvalue weighted by Crippen LogP contribution is 2.32. The van der Waals surface area contributed by atoms with E-state index in [0.29, 0.717) is 6.54 Å². The largest absolute Gasteiger partial charge is 0.330 e. The molecule has 0 aliphatic rings. The summed E-state index contributed by atoms with van der Waals surface area (Å²) in [4.78, 5) is 15.2. The number of rotatable bonds is 10. The third-order valence-electron chi connectivity index (χ3n) is 6.69. The second-order valence-corrected chi connectivity index (χ2v) is 11.9. The van der Waals surface area contributed by atoms with E-state index in [-0.39, 0.29) is 21.9 Å². The molecule has 0 bridgehead atoms. The lowest BCUT2D eigenvalue weighted by molar-refractivity contribution is 0.418. The van der Waals surface area contributed by atoms with Gasteiger partial charge in [0.2, 0.25) is 0 Å². The molecular weight excluding hydrogens is 392 g/mol. The number of aliphatic imine (C=N–C) groups is 2. The number of aromatic nitrogens is 1. The van der Waals surface area contributed by atoms with E-state index in [1.165, 1.54) is 11.1 Å². The monoisotopic (exact) mass is 442 g/mol. The maximum absolute atomic E-state index is 5.86. The first kappa shape index (κ1) is 28.5. The first-order valence-electron chi connectivity index (χ1n) is 12.5. The van der Waals surface area contributed by atoms with Crippen LogP contribution in [-0.4, -0.2) is 35.0 Å². The summed E-state index contributed by atoms with van der Waals surface area (Å²) in [5, 5.41) is 0. The first-order valence-corrected chi connectivity index (χ1v) is 12.5. The van der Waals surface area contributed by atoms with Gasteiger partial charge in [-0.05, 0) is 68.0 Å². The SMILES string of the molecule is CCC[C@@](C)(CC)N=Cc1nc(C=N[C@](C)(CC)CCN)c(C(C)(C)C)cc1C(C)(C)C. The fraction of sp³-hybridized carbons (Fsp3) is 0.750. The van der Waals surface area contributed by atoms with E-state index >= 15 is 0 Å². The van der Waals surface area contributed by atoms with E-state index in [1.54, 1.807) is 0 Å². The van der Waals surface area contributed by atoms with Crippen molar-refractivity contribution in [2.75, 3.05) is 6.54 Å². The van der Waals surface area contributed by atoms with Crippen LogP contribution in [0.4, 0.5) is 0 Å². The third kappa shape index (κ3) is 7.79. The lowest BCUT2D eigenvalue weighted by atomic mass is 9.79. The normalized spacial score (nSPS) is 17.1. The molecule has 2 N–H and O–H groups in total. The Hall–Kier alpha value is -1.55. The van der Waals surface area contributed by atoms with Gasteiger partial charge in [-0.1, -0.05) is 74.8 Å². The summed E-state index contributed by atoms with van der Waals surface area (Å²) in [7, 11) is 0. The van der Waals surface area contributed by atoms with Crippen molar-refractivity contribution in [2.24, 2.45) is 15.7 Å². The van der Waals surface area contributed by atoms with Gasteiger partial charge in [-0.25, -0.2) is 4.98 Å². The minimum atomic E-state index is -0.162. The highest BCUT2D eigenvalue weighted by molar-refractivity contribution is 5.86. The van der Waals surface area contributed by atoms with Gasteiger partial charge in [0.15, 0.2) is 0 Å². The molecule has 1 aromatic rings. The van der Waals surface area contributed by atoms with E-state index < -0.39 is 0 Å². The Kier molecular flexibility index (Phi) is 9.83. The summed E-state index contributed by atoms with van der Waals surface area (Å²) in [6.45, 7) is 25.2. The molecule has 0 spiro atoms. The number of hydrogen-bond donors (Lipinski definition) is 1. The molecule has 0 unspecified atom stereocenters. The summed E-state index contributed by atoms with van der Waals surface area (Å²) >= 11 is 0. The van der Waals surface area contributed by atoms with Gasteiger partial charge in [0.05, 0.1) is 22.5 Å². The second-order valence-electron chi connectivity index (χ2n) is 11.9. The molecule has 182 valence electrons. The lowest BCUT2D eigenvalue weighted by Gasteiger charge is -2.29. The second kappa shape index (κ2) is 11.0. The molecule has 32 heavy (non-hydrogen) atoms. The van der Waals surface area contributed by atoms with Crippen molar-refractivity contribution in [3.8, 4) is 0 Å². The van der Waals surface area contributed by atoms with Crippen molar-refractivity contribution in [3.63, 3.8) is 0 Å². The van der Waals surface area contributed by atoms with Crippen LogP contribution in [-0.2, 0) is 10.8 Å². The summed E-state index contributed by atoms with van der Waals surface area (Å²) in [5.74, 6) is 0. The Morgan fingerprint density at radius 2 is 1.16 bits per heavy atom. The Balaban J connectivity index is 3.74. The Morgan fingerprint density at radius 1 is 0.750 bits per heavy atom. The van der Waals surface area contributed by atoms with Crippen molar-refractivity contribution >= 4 is 12.4 Å². The van der Waals surface area contributed by atoms with Crippen LogP contribution >= 0.6 is 0 Å². The molecule has 0 aliphatic carbocycles. The molecule has 0 aromatic carbocycles. The predicted molar refractivity (Wildman–Crippen MR) is 143 cm³/mol. The summed E-state index contributed by atoms with van der Waals surface area (Å²) in [6, 6.07) is 2.34. The molecule has 4 heteroatoms. The third-order valence-corrected chi connectivity index (χ3v) is 6.69. The number of hydrogen-bond acceptors (Lipinski definition) is 4. The molecule has 0 fully saturated rings. The molecule has 0 saturated carbocycles. The topological polar surface area (TPSA) is 63.6 Å². The molecule has 2 atom stereocenters. The number of pyridine rings is 1. The van der Waals surface area contributed by atoms with E-state index in [0.717, 1.165) is 43.5 Å². The molecule has 1 heterocycles. The van der Waals surface area contributed by atoms with Crippen LogP contribution in [0.2, 0.25) is 0 Å². The molecule has 0 saturated heterocycles. The van der Waals surface area contributed by atoms with Crippen LogP contribution in [0.25, 0.3) is 0 Å².